The number of aliphatic hydroxyl groups excluding tert-OH is 1. The lowest BCUT2D eigenvalue weighted by Gasteiger charge is -2.25. The van der Waals surface area contributed by atoms with Gasteiger partial charge in [-0.2, -0.15) is 0 Å². The van der Waals surface area contributed by atoms with Crippen molar-refractivity contribution in [3.63, 3.8) is 0 Å². The molecule has 0 aliphatic carbocycles. The van der Waals surface area contributed by atoms with Crippen molar-refractivity contribution in [1.29, 1.82) is 0 Å². The first-order valence-corrected chi connectivity index (χ1v) is 5.65. The normalized spacial score (nSPS) is 13.8. The van der Waals surface area contributed by atoms with E-state index in [2.05, 4.69) is 5.32 Å². The summed E-state index contributed by atoms with van der Waals surface area (Å²) in [5, 5.41) is 12.2. The molecule has 0 aliphatic rings. The van der Waals surface area contributed by atoms with Crippen LogP contribution in [-0.2, 0) is 0 Å². The summed E-state index contributed by atoms with van der Waals surface area (Å²) in [5.74, 6) is -1.65. The standard InChI is InChI=1S/C13H19F2NO/c1-9(16-7-13(2,3)8-17)10-5-4-6-11(14)12(10)15/h4-6,9,16-17H,7-8H2,1-3H3. The Labute approximate surface area is 101 Å². The molecule has 1 atom stereocenters. The molecule has 0 spiro atoms. The smallest absolute Gasteiger partial charge is 0.163 e. The zero-order valence-electron chi connectivity index (χ0n) is 10.4. The Balaban J connectivity index is 2.71. The largest absolute Gasteiger partial charge is 0.396 e. The van der Waals surface area contributed by atoms with Crippen molar-refractivity contribution in [2.45, 2.75) is 26.8 Å². The second-order valence-electron chi connectivity index (χ2n) is 5.07. The SMILES string of the molecule is CC(NCC(C)(C)CO)c1cccc(F)c1F. The molecule has 0 radical (unpaired) electrons. The molecule has 0 bridgehead atoms. The molecule has 96 valence electrons. The highest BCUT2D eigenvalue weighted by molar-refractivity contribution is 5.21. The minimum atomic E-state index is -0.836. The van der Waals surface area contributed by atoms with Crippen molar-refractivity contribution in [1.82, 2.24) is 5.32 Å². The Hall–Kier alpha value is -1.00. The molecule has 0 aliphatic heterocycles. The van der Waals surface area contributed by atoms with E-state index in [-0.39, 0.29) is 18.1 Å². The fourth-order valence-corrected chi connectivity index (χ4v) is 1.45. The summed E-state index contributed by atoms with van der Waals surface area (Å²) in [6, 6.07) is 3.85. The van der Waals surface area contributed by atoms with E-state index in [4.69, 9.17) is 5.11 Å². The van der Waals surface area contributed by atoms with E-state index in [9.17, 15) is 8.78 Å². The van der Waals surface area contributed by atoms with Gasteiger partial charge in [-0.15, -0.1) is 0 Å². The van der Waals surface area contributed by atoms with E-state index < -0.39 is 11.6 Å². The number of halogens is 2. The maximum absolute atomic E-state index is 13.5. The van der Waals surface area contributed by atoms with Crippen molar-refractivity contribution >= 4 is 0 Å². The van der Waals surface area contributed by atoms with Crippen LogP contribution >= 0.6 is 0 Å². The second-order valence-corrected chi connectivity index (χ2v) is 5.07. The van der Waals surface area contributed by atoms with Gasteiger partial charge in [-0.3, -0.25) is 0 Å². The molecule has 1 unspecified atom stereocenters. The van der Waals surface area contributed by atoms with Gasteiger partial charge in [0.25, 0.3) is 0 Å². The van der Waals surface area contributed by atoms with Crippen LogP contribution in [0.3, 0.4) is 0 Å². The van der Waals surface area contributed by atoms with Crippen LogP contribution in [0.5, 0.6) is 0 Å². The summed E-state index contributed by atoms with van der Waals surface area (Å²) in [5.41, 5.74) is 0.0247. The predicted octanol–water partition coefficient (Wildman–Crippen LogP) is 2.63. The monoisotopic (exact) mass is 243 g/mol. The van der Waals surface area contributed by atoms with E-state index in [1.165, 1.54) is 6.07 Å². The van der Waals surface area contributed by atoms with E-state index in [1.807, 2.05) is 13.8 Å². The fourth-order valence-electron chi connectivity index (χ4n) is 1.45. The highest BCUT2D eigenvalue weighted by atomic mass is 19.2. The Morgan fingerprint density at radius 2 is 2.00 bits per heavy atom. The zero-order chi connectivity index (χ0) is 13.1. The summed E-state index contributed by atoms with van der Waals surface area (Å²) >= 11 is 0. The van der Waals surface area contributed by atoms with E-state index in [1.54, 1.807) is 13.0 Å². The molecule has 0 saturated carbocycles. The fraction of sp³-hybridized carbons (Fsp3) is 0.538. The molecule has 1 aromatic carbocycles. The minimum Gasteiger partial charge on any atom is -0.396 e. The van der Waals surface area contributed by atoms with Crippen molar-refractivity contribution < 1.29 is 13.9 Å². The molecule has 17 heavy (non-hydrogen) atoms. The van der Waals surface area contributed by atoms with Gasteiger partial charge in [-0.1, -0.05) is 26.0 Å². The molecule has 4 heteroatoms. The molecule has 2 N–H and O–H groups in total. The molecular formula is C13H19F2NO. The lowest BCUT2D eigenvalue weighted by Crippen LogP contribution is -2.34. The van der Waals surface area contributed by atoms with Crippen LogP contribution in [0.2, 0.25) is 0 Å². The van der Waals surface area contributed by atoms with Gasteiger partial charge in [0.1, 0.15) is 0 Å². The number of hydrogen-bond acceptors (Lipinski definition) is 2. The number of benzene rings is 1. The molecule has 0 heterocycles. The minimum absolute atomic E-state index is 0.0400. The predicted molar refractivity (Wildman–Crippen MR) is 63.6 cm³/mol. The van der Waals surface area contributed by atoms with Crippen molar-refractivity contribution in [3.05, 3.63) is 35.4 Å². The number of aliphatic hydroxyl groups is 1. The van der Waals surface area contributed by atoms with Gasteiger partial charge >= 0.3 is 0 Å². The molecule has 1 aromatic rings. The van der Waals surface area contributed by atoms with Crippen molar-refractivity contribution in [2.24, 2.45) is 5.41 Å². The Morgan fingerprint density at radius 3 is 2.59 bits per heavy atom. The van der Waals surface area contributed by atoms with Crippen LogP contribution in [0, 0.1) is 17.0 Å². The van der Waals surface area contributed by atoms with Crippen molar-refractivity contribution in [2.75, 3.05) is 13.2 Å². The van der Waals surface area contributed by atoms with Gasteiger partial charge in [-0.05, 0) is 13.0 Å². The van der Waals surface area contributed by atoms with Crippen LogP contribution < -0.4 is 5.32 Å². The van der Waals surface area contributed by atoms with Gasteiger partial charge in [0.15, 0.2) is 11.6 Å². The van der Waals surface area contributed by atoms with Gasteiger partial charge in [-0.25, -0.2) is 8.78 Å². The topological polar surface area (TPSA) is 32.3 Å². The molecule has 0 saturated heterocycles. The maximum Gasteiger partial charge on any atom is 0.163 e. The highest BCUT2D eigenvalue weighted by Crippen LogP contribution is 2.20. The summed E-state index contributed by atoms with van der Waals surface area (Å²) in [7, 11) is 0. The first-order valence-electron chi connectivity index (χ1n) is 5.65. The Kier molecular flexibility index (Phi) is 4.60. The molecule has 0 amide bonds. The lowest BCUT2D eigenvalue weighted by molar-refractivity contribution is 0.153. The Morgan fingerprint density at radius 1 is 1.35 bits per heavy atom. The number of hydrogen-bond donors (Lipinski definition) is 2. The van der Waals surface area contributed by atoms with Crippen LogP contribution in [0.1, 0.15) is 32.4 Å². The maximum atomic E-state index is 13.5. The van der Waals surface area contributed by atoms with Crippen LogP contribution in [-0.4, -0.2) is 18.3 Å². The summed E-state index contributed by atoms with van der Waals surface area (Å²) < 4.78 is 26.5. The second kappa shape index (κ2) is 5.56. The van der Waals surface area contributed by atoms with E-state index >= 15 is 0 Å². The van der Waals surface area contributed by atoms with Gasteiger partial charge in [0.2, 0.25) is 0 Å². The van der Waals surface area contributed by atoms with Gasteiger partial charge < -0.3 is 10.4 Å². The van der Waals surface area contributed by atoms with E-state index in [0.717, 1.165) is 6.07 Å². The highest BCUT2D eigenvalue weighted by Gasteiger charge is 2.19. The van der Waals surface area contributed by atoms with Gasteiger partial charge in [0, 0.05) is 30.2 Å². The van der Waals surface area contributed by atoms with E-state index in [0.29, 0.717) is 12.1 Å². The van der Waals surface area contributed by atoms with Gasteiger partial charge in [0.05, 0.1) is 0 Å². The molecule has 1 rings (SSSR count). The molecule has 0 aromatic heterocycles. The zero-order valence-corrected chi connectivity index (χ0v) is 10.4. The third-order valence-corrected chi connectivity index (χ3v) is 2.76. The third-order valence-electron chi connectivity index (χ3n) is 2.76. The summed E-state index contributed by atoms with van der Waals surface area (Å²) in [4.78, 5) is 0. The average Bonchev–Trinajstić information content (AvgIpc) is 2.30. The summed E-state index contributed by atoms with van der Waals surface area (Å²) in [6.07, 6.45) is 0. The lowest BCUT2D eigenvalue weighted by atomic mass is 9.94. The van der Waals surface area contributed by atoms with Crippen LogP contribution in [0.15, 0.2) is 18.2 Å². The first-order chi connectivity index (χ1) is 7.87. The third kappa shape index (κ3) is 3.75. The average molecular weight is 243 g/mol. The summed E-state index contributed by atoms with van der Waals surface area (Å²) in [6.45, 7) is 6.13. The molecule has 0 fully saturated rings. The number of rotatable bonds is 5. The first kappa shape index (κ1) is 14.1. The molecular weight excluding hydrogens is 224 g/mol. The molecule has 2 nitrogen and oxygen atoms in total. The number of nitrogens with one attached hydrogen (secondary N) is 1. The van der Waals surface area contributed by atoms with Crippen LogP contribution in [0.25, 0.3) is 0 Å². The quantitative estimate of drug-likeness (QED) is 0.833. The van der Waals surface area contributed by atoms with Crippen molar-refractivity contribution in [3.8, 4) is 0 Å². The Bertz CT molecular complexity index is 380. The van der Waals surface area contributed by atoms with Crippen LogP contribution in [0.4, 0.5) is 8.78 Å².